The molecule has 0 unspecified atom stereocenters. The Morgan fingerprint density at radius 2 is 1.82 bits per heavy atom. The third-order valence-electron chi connectivity index (χ3n) is 2.96. The van der Waals surface area contributed by atoms with Gasteiger partial charge in [-0.15, -0.1) is 0 Å². The van der Waals surface area contributed by atoms with Crippen LogP contribution < -0.4 is 10.2 Å². The summed E-state index contributed by atoms with van der Waals surface area (Å²) < 4.78 is 10.0. The van der Waals surface area contributed by atoms with Crippen molar-refractivity contribution in [3.05, 3.63) is 53.5 Å². The minimum Gasteiger partial charge on any atom is -0.469 e. The highest BCUT2D eigenvalue weighted by atomic mass is 16.5. The Morgan fingerprint density at radius 3 is 2.36 bits per heavy atom. The van der Waals surface area contributed by atoms with Gasteiger partial charge < -0.3 is 9.15 Å². The summed E-state index contributed by atoms with van der Waals surface area (Å²) in [6.45, 7) is 4.82. The van der Waals surface area contributed by atoms with Gasteiger partial charge in [0.2, 0.25) is 0 Å². The average Bonchev–Trinajstić information content (AvgIpc) is 2.91. The third kappa shape index (κ3) is 3.82. The summed E-state index contributed by atoms with van der Waals surface area (Å²) in [5.74, 6) is 0.293. The molecule has 1 aromatic carbocycles. The fourth-order valence-corrected chi connectivity index (χ4v) is 1.81. The second-order valence-electron chi connectivity index (χ2n) is 4.65. The zero-order valence-electron chi connectivity index (χ0n) is 12.5. The molecule has 0 radical (unpaired) electrons. The number of nitrogens with zero attached hydrogens (tertiary/aromatic N) is 1. The maximum absolute atomic E-state index is 11.9. The third-order valence-corrected chi connectivity index (χ3v) is 2.96. The van der Waals surface area contributed by atoms with E-state index in [-0.39, 0.29) is 11.9 Å². The Bertz CT molecular complexity index is 714. The monoisotopic (exact) mass is 300 g/mol. The van der Waals surface area contributed by atoms with E-state index < -0.39 is 0 Å². The van der Waals surface area contributed by atoms with Crippen molar-refractivity contribution < 1.29 is 18.7 Å². The second-order valence-corrected chi connectivity index (χ2v) is 4.65. The Kier molecular flexibility index (Phi) is 4.73. The lowest BCUT2D eigenvalue weighted by molar-refractivity contribution is -0.131. The summed E-state index contributed by atoms with van der Waals surface area (Å²) in [5, 5.41) is 4.05. The summed E-state index contributed by atoms with van der Waals surface area (Å²) >= 11 is 0. The highest BCUT2D eigenvalue weighted by molar-refractivity contribution is 6.01. The number of carbonyl (C=O) groups excluding carboxylic acids is 2. The first-order valence-electron chi connectivity index (χ1n) is 6.65. The number of hydrazone groups is 1. The van der Waals surface area contributed by atoms with Crippen LogP contribution in [0.3, 0.4) is 0 Å². The van der Waals surface area contributed by atoms with Gasteiger partial charge in [-0.05, 0) is 49.7 Å². The quantitative estimate of drug-likeness (QED) is 0.407. The van der Waals surface area contributed by atoms with Gasteiger partial charge in [0.25, 0.3) is 5.91 Å². The molecule has 1 aromatic heterocycles. The molecule has 0 aliphatic heterocycles. The molecule has 2 rings (SSSR count). The molecular weight excluding hydrogens is 284 g/mol. The Morgan fingerprint density at radius 1 is 1.14 bits per heavy atom. The van der Waals surface area contributed by atoms with Gasteiger partial charge in [0, 0.05) is 6.92 Å². The van der Waals surface area contributed by atoms with Crippen LogP contribution in [0.25, 0.3) is 0 Å². The molecule has 0 atom stereocenters. The number of hydrogen-bond acceptors (Lipinski definition) is 5. The summed E-state index contributed by atoms with van der Waals surface area (Å²) in [7, 11) is 0. The largest absolute Gasteiger partial charge is 0.469 e. The molecule has 0 bridgehead atoms. The molecule has 0 aliphatic carbocycles. The number of carbonyl (C=O) groups is 2. The van der Waals surface area contributed by atoms with Crippen LogP contribution >= 0.6 is 0 Å². The van der Waals surface area contributed by atoms with Gasteiger partial charge in [0.15, 0.2) is 0 Å². The molecule has 0 fully saturated rings. The molecule has 6 heteroatoms. The Balaban J connectivity index is 2.04. The molecular formula is C16H16N2O4. The van der Waals surface area contributed by atoms with E-state index in [1.165, 1.54) is 13.2 Å². The van der Waals surface area contributed by atoms with E-state index in [1.807, 2.05) is 0 Å². The maximum Gasteiger partial charge on any atom is 0.308 e. The molecule has 114 valence electrons. The number of nitrogens with one attached hydrogen (secondary N) is 1. The Hall–Kier alpha value is -2.89. The molecule has 0 saturated carbocycles. The van der Waals surface area contributed by atoms with Gasteiger partial charge in [-0.2, -0.15) is 5.10 Å². The van der Waals surface area contributed by atoms with Crippen molar-refractivity contribution in [1.29, 1.82) is 0 Å². The number of rotatable bonds is 4. The van der Waals surface area contributed by atoms with E-state index in [2.05, 4.69) is 10.5 Å². The van der Waals surface area contributed by atoms with Crippen molar-refractivity contribution in [1.82, 2.24) is 5.43 Å². The number of amides is 1. The summed E-state index contributed by atoms with van der Waals surface area (Å²) in [6.07, 6.45) is 1.45. The SMILES string of the molecule is CC(=O)Oc1ccc(/C(C)=N\NC(=O)c2ccoc2C)cc1. The van der Waals surface area contributed by atoms with Gasteiger partial charge in [-0.3, -0.25) is 9.59 Å². The van der Waals surface area contributed by atoms with Crippen molar-refractivity contribution in [2.45, 2.75) is 20.8 Å². The lowest BCUT2D eigenvalue weighted by Gasteiger charge is -2.04. The number of esters is 1. The zero-order chi connectivity index (χ0) is 16.1. The van der Waals surface area contributed by atoms with E-state index in [1.54, 1.807) is 44.2 Å². The van der Waals surface area contributed by atoms with Crippen LogP contribution in [0.5, 0.6) is 5.75 Å². The highest BCUT2D eigenvalue weighted by Gasteiger charge is 2.10. The van der Waals surface area contributed by atoms with E-state index in [0.717, 1.165) is 5.56 Å². The van der Waals surface area contributed by atoms with Crippen molar-refractivity contribution in [3.8, 4) is 5.75 Å². The van der Waals surface area contributed by atoms with Crippen LogP contribution in [0.15, 0.2) is 46.1 Å². The predicted molar refractivity (Wildman–Crippen MR) is 80.9 cm³/mol. The van der Waals surface area contributed by atoms with Crippen LogP contribution in [-0.2, 0) is 4.79 Å². The second kappa shape index (κ2) is 6.71. The first-order chi connectivity index (χ1) is 10.5. The normalized spacial score (nSPS) is 11.1. The highest BCUT2D eigenvalue weighted by Crippen LogP contribution is 2.13. The first-order valence-corrected chi connectivity index (χ1v) is 6.65. The molecule has 0 saturated heterocycles. The van der Waals surface area contributed by atoms with Gasteiger partial charge >= 0.3 is 5.97 Å². The number of hydrogen-bond donors (Lipinski definition) is 1. The van der Waals surface area contributed by atoms with Crippen LogP contribution in [0.4, 0.5) is 0 Å². The summed E-state index contributed by atoms with van der Waals surface area (Å²) in [6, 6.07) is 8.43. The lowest BCUT2D eigenvalue weighted by Crippen LogP contribution is -2.19. The molecule has 1 heterocycles. The van der Waals surface area contributed by atoms with Gasteiger partial charge in [0.1, 0.15) is 11.5 Å². The van der Waals surface area contributed by atoms with E-state index in [9.17, 15) is 9.59 Å². The Labute approximate surface area is 127 Å². The van der Waals surface area contributed by atoms with E-state index in [0.29, 0.717) is 22.8 Å². The first kappa shape index (κ1) is 15.5. The molecule has 1 amide bonds. The summed E-state index contributed by atoms with van der Waals surface area (Å²) in [5.41, 5.74) is 4.35. The zero-order valence-corrected chi connectivity index (χ0v) is 12.5. The van der Waals surface area contributed by atoms with Crippen LogP contribution in [0, 0.1) is 6.92 Å². The molecule has 2 aromatic rings. The molecule has 6 nitrogen and oxygen atoms in total. The van der Waals surface area contributed by atoms with Crippen molar-refractivity contribution in [3.63, 3.8) is 0 Å². The molecule has 0 aliphatic rings. The summed E-state index contributed by atoms with van der Waals surface area (Å²) in [4.78, 5) is 22.8. The fraction of sp³-hybridized carbons (Fsp3) is 0.188. The number of furan rings is 1. The van der Waals surface area contributed by atoms with Crippen LogP contribution in [-0.4, -0.2) is 17.6 Å². The van der Waals surface area contributed by atoms with Crippen LogP contribution in [0.1, 0.15) is 35.5 Å². The minimum absolute atomic E-state index is 0.331. The van der Waals surface area contributed by atoms with Gasteiger partial charge in [-0.25, -0.2) is 5.43 Å². The smallest absolute Gasteiger partial charge is 0.308 e. The topological polar surface area (TPSA) is 80.9 Å². The van der Waals surface area contributed by atoms with Crippen molar-refractivity contribution >= 4 is 17.6 Å². The number of aryl methyl sites for hydroxylation is 1. The standard InChI is InChI=1S/C16H16N2O4/c1-10(13-4-6-14(7-5-13)22-12(3)19)17-18-16(20)15-8-9-21-11(15)2/h4-9H,1-3H3,(H,18,20)/b17-10-. The van der Waals surface area contributed by atoms with Crippen molar-refractivity contribution in [2.24, 2.45) is 5.10 Å². The lowest BCUT2D eigenvalue weighted by atomic mass is 10.1. The number of benzene rings is 1. The molecule has 1 N–H and O–H groups in total. The van der Waals surface area contributed by atoms with Gasteiger partial charge in [-0.1, -0.05) is 0 Å². The fourth-order valence-electron chi connectivity index (χ4n) is 1.81. The average molecular weight is 300 g/mol. The maximum atomic E-state index is 11.9. The van der Waals surface area contributed by atoms with E-state index in [4.69, 9.17) is 9.15 Å². The van der Waals surface area contributed by atoms with Crippen molar-refractivity contribution in [2.75, 3.05) is 0 Å². The predicted octanol–water partition coefficient (Wildman–Crippen LogP) is 2.67. The molecule has 22 heavy (non-hydrogen) atoms. The van der Waals surface area contributed by atoms with E-state index >= 15 is 0 Å². The van der Waals surface area contributed by atoms with Crippen LogP contribution in [0.2, 0.25) is 0 Å². The van der Waals surface area contributed by atoms with Gasteiger partial charge in [0.05, 0.1) is 17.5 Å². The molecule has 0 spiro atoms. The minimum atomic E-state index is -0.374. The number of ether oxygens (including phenoxy) is 1.